The standard InChI is InChI=1S/C14H15NO3/c1-3-6-12(4-2)15-13(16)10-7-5-8-11(9-10)14(17)18/h2,5,7-9,12H,3,6H2,1H3,(H,15,16)(H,17,18). The monoisotopic (exact) mass is 245 g/mol. The third-order valence-electron chi connectivity index (χ3n) is 2.46. The summed E-state index contributed by atoms with van der Waals surface area (Å²) < 4.78 is 0. The van der Waals surface area contributed by atoms with Gasteiger partial charge in [-0.25, -0.2) is 4.79 Å². The van der Waals surface area contributed by atoms with Crippen molar-refractivity contribution in [1.82, 2.24) is 5.32 Å². The van der Waals surface area contributed by atoms with Gasteiger partial charge in [0, 0.05) is 5.56 Å². The molecule has 94 valence electrons. The van der Waals surface area contributed by atoms with Crippen LogP contribution in [0.2, 0.25) is 0 Å². The lowest BCUT2D eigenvalue weighted by molar-refractivity contribution is 0.0697. The van der Waals surface area contributed by atoms with Crippen molar-refractivity contribution in [3.8, 4) is 12.3 Å². The second kappa shape index (κ2) is 6.45. The lowest BCUT2D eigenvalue weighted by Gasteiger charge is -2.12. The van der Waals surface area contributed by atoms with E-state index in [2.05, 4.69) is 11.2 Å². The number of aromatic carboxylic acids is 1. The maximum Gasteiger partial charge on any atom is 0.335 e. The van der Waals surface area contributed by atoms with Crippen LogP contribution >= 0.6 is 0 Å². The van der Waals surface area contributed by atoms with Gasteiger partial charge >= 0.3 is 5.97 Å². The van der Waals surface area contributed by atoms with Crippen LogP contribution in [-0.2, 0) is 0 Å². The molecule has 1 unspecified atom stereocenters. The van der Waals surface area contributed by atoms with E-state index in [9.17, 15) is 9.59 Å². The lowest BCUT2D eigenvalue weighted by atomic mass is 10.1. The molecular weight excluding hydrogens is 230 g/mol. The quantitative estimate of drug-likeness (QED) is 0.779. The number of carbonyl (C=O) groups is 2. The normalized spacial score (nSPS) is 11.3. The predicted molar refractivity (Wildman–Crippen MR) is 68.4 cm³/mol. The summed E-state index contributed by atoms with van der Waals surface area (Å²) in [7, 11) is 0. The zero-order valence-electron chi connectivity index (χ0n) is 10.1. The number of rotatable bonds is 5. The summed E-state index contributed by atoms with van der Waals surface area (Å²) in [6.07, 6.45) is 6.87. The summed E-state index contributed by atoms with van der Waals surface area (Å²) in [6.45, 7) is 1.97. The summed E-state index contributed by atoms with van der Waals surface area (Å²) in [5.74, 6) is 1.08. The second-order valence-corrected chi connectivity index (χ2v) is 3.87. The number of carboxylic acids is 1. The average Bonchev–Trinajstić information content (AvgIpc) is 2.38. The fourth-order valence-electron chi connectivity index (χ4n) is 1.52. The van der Waals surface area contributed by atoms with Crippen LogP contribution in [0.5, 0.6) is 0 Å². The minimum absolute atomic E-state index is 0.0791. The topological polar surface area (TPSA) is 66.4 Å². The van der Waals surface area contributed by atoms with Crippen LogP contribution in [0.3, 0.4) is 0 Å². The molecule has 0 saturated carbocycles. The summed E-state index contributed by atoms with van der Waals surface area (Å²) in [5, 5.41) is 11.5. The molecule has 1 aromatic rings. The van der Waals surface area contributed by atoms with Gasteiger partial charge in [0.25, 0.3) is 5.91 Å². The summed E-state index contributed by atoms with van der Waals surface area (Å²) in [6, 6.07) is 5.53. The number of nitrogens with one attached hydrogen (secondary N) is 1. The summed E-state index contributed by atoms with van der Waals surface area (Å²) in [5.41, 5.74) is 0.377. The van der Waals surface area contributed by atoms with Gasteiger partial charge in [-0.15, -0.1) is 6.42 Å². The highest BCUT2D eigenvalue weighted by Gasteiger charge is 2.12. The largest absolute Gasteiger partial charge is 0.478 e. The number of terminal acetylenes is 1. The average molecular weight is 245 g/mol. The maximum absolute atomic E-state index is 11.9. The predicted octanol–water partition coefficient (Wildman–Crippen LogP) is 1.92. The van der Waals surface area contributed by atoms with Gasteiger partial charge < -0.3 is 10.4 Å². The molecule has 0 bridgehead atoms. The third-order valence-corrected chi connectivity index (χ3v) is 2.46. The molecule has 4 nitrogen and oxygen atoms in total. The van der Waals surface area contributed by atoms with Crippen LogP contribution in [0, 0.1) is 12.3 Å². The zero-order chi connectivity index (χ0) is 13.5. The molecule has 0 aliphatic heterocycles. The molecule has 1 rings (SSSR count). The van der Waals surface area contributed by atoms with Gasteiger partial charge in [0.05, 0.1) is 11.6 Å². The van der Waals surface area contributed by atoms with Crippen molar-refractivity contribution in [3.63, 3.8) is 0 Å². The highest BCUT2D eigenvalue weighted by atomic mass is 16.4. The van der Waals surface area contributed by atoms with E-state index in [0.717, 1.165) is 6.42 Å². The fourth-order valence-corrected chi connectivity index (χ4v) is 1.52. The Kier molecular flexibility index (Phi) is 4.94. The molecule has 0 fully saturated rings. The Bertz CT molecular complexity index is 488. The van der Waals surface area contributed by atoms with E-state index in [0.29, 0.717) is 12.0 Å². The Morgan fingerprint density at radius 3 is 2.67 bits per heavy atom. The maximum atomic E-state index is 11.9. The SMILES string of the molecule is C#CC(CCC)NC(=O)c1cccc(C(=O)O)c1. The van der Waals surface area contributed by atoms with Crippen molar-refractivity contribution in [2.75, 3.05) is 0 Å². The van der Waals surface area contributed by atoms with Crippen LogP contribution in [0.15, 0.2) is 24.3 Å². The Morgan fingerprint density at radius 1 is 1.44 bits per heavy atom. The molecule has 0 radical (unpaired) electrons. The number of carbonyl (C=O) groups excluding carboxylic acids is 1. The Labute approximate surface area is 106 Å². The molecule has 1 atom stereocenters. The van der Waals surface area contributed by atoms with E-state index >= 15 is 0 Å². The fraction of sp³-hybridized carbons (Fsp3) is 0.286. The number of amides is 1. The van der Waals surface area contributed by atoms with Gasteiger partial charge in [-0.05, 0) is 24.6 Å². The van der Waals surface area contributed by atoms with Crippen molar-refractivity contribution in [3.05, 3.63) is 35.4 Å². The molecule has 18 heavy (non-hydrogen) atoms. The smallest absolute Gasteiger partial charge is 0.335 e. The van der Waals surface area contributed by atoms with Gasteiger partial charge in [-0.1, -0.05) is 25.3 Å². The first-order valence-electron chi connectivity index (χ1n) is 5.68. The highest BCUT2D eigenvalue weighted by Crippen LogP contribution is 2.06. The molecule has 4 heteroatoms. The lowest BCUT2D eigenvalue weighted by Crippen LogP contribution is -2.33. The molecule has 1 amide bonds. The minimum Gasteiger partial charge on any atom is -0.478 e. The molecule has 0 aliphatic rings. The van der Waals surface area contributed by atoms with Crippen LogP contribution in [0.1, 0.15) is 40.5 Å². The molecule has 2 N–H and O–H groups in total. The Balaban J connectivity index is 2.81. The first-order chi connectivity index (χ1) is 8.58. The first kappa shape index (κ1) is 13.8. The van der Waals surface area contributed by atoms with Crippen molar-refractivity contribution in [2.24, 2.45) is 0 Å². The van der Waals surface area contributed by atoms with Gasteiger partial charge in [0.1, 0.15) is 0 Å². The van der Waals surface area contributed by atoms with Crippen LogP contribution in [0.25, 0.3) is 0 Å². The minimum atomic E-state index is -1.06. The first-order valence-corrected chi connectivity index (χ1v) is 5.68. The van der Waals surface area contributed by atoms with Crippen LogP contribution in [0.4, 0.5) is 0 Å². The van der Waals surface area contributed by atoms with Crippen LogP contribution in [-0.4, -0.2) is 23.0 Å². The molecule has 1 aromatic carbocycles. The van der Waals surface area contributed by atoms with Crippen LogP contribution < -0.4 is 5.32 Å². The number of hydrogen-bond donors (Lipinski definition) is 2. The second-order valence-electron chi connectivity index (χ2n) is 3.87. The molecule has 0 spiro atoms. The molecule has 0 aromatic heterocycles. The van der Waals surface area contributed by atoms with Crippen molar-refractivity contribution in [2.45, 2.75) is 25.8 Å². The number of hydrogen-bond acceptors (Lipinski definition) is 2. The highest BCUT2D eigenvalue weighted by molar-refractivity contribution is 5.97. The van der Waals surface area contributed by atoms with Crippen molar-refractivity contribution >= 4 is 11.9 Å². The molecule has 0 saturated heterocycles. The van der Waals surface area contributed by atoms with E-state index in [1.165, 1.54) is 18.2 Å². The van der Waals surface area contributed by atoms with Gasteiger partial charge in [-0.3, -0.25) is 4.79 Å². The third kappa shape index (κ3) is 3.63. The van der Waals surface area contributed by atoms with Gasteiger partial charge in [0.2, 0.25) is 0 Å². The van der Waals surface area contributed by atoms with E-state index < -0.39 is 5.97 Å². The van der Waals surface area contributed by atoms with Crippen molar-refractivity contribution in [1.29, 1.82) is 0 Å². The van der Waals surface area contributed by atoms with E-state index in [1.54, 1.807) is 6.07 Å². The Hall–Kier alpha value is -2.28. The van der Waals surface area contributed by atoms with E-state index in [4.69, 9.17) is 11.5 Å². The zero-order valence-corrected chi connectivity index (χ0v) is 10.1. The van der Waals surface area contributed by atoms with Crippen molar-refractivity contribution < 1.29 is 14.7 Å². The summed E-state index contributed by atoms with van der Waals surface area (Å²) in [4.78, 5) is 22.7. The Morgan fingerprint density at radius 2 is 2.11 bits per heavy atom. The van der Waals surface area contributed by atoms with Gasteiger partial charge in [-0.2, -0.15) is 0 Å². The van der Waals surface area contributed by atoms with E-state index in [1.807, 2.05) is 6.92 Å². The number of benzene rings is 1. The summed E-state index contributed by atoms with van der Waals surface area (Å²) >= 11 is 0. The molecule has 0 aliphatic carbocycles. The molecular formula is C14H15NO3. The van der Waals surface area contributed by atoms with Gasteiger partial charge in [0.15, 0.2) is 0 Å². The molecule has 0 heterocycles. The van der Waals surface area contributed by atoms with E-state index in [-0.39, 0.29) is 17.5 Å². The number of carboxylic acid groups (broad SMARTS) is 1.